The van der Waals surface area contributed by atoms with Gasteiger partial charge < -0.3 is 4.74 Å². The lowest BCUT2D eigenvalue weighted by Crippen LogP contribution is -2.39. The highest BCUT2D eigenvalue weighted by Gasteiger charge is 2.52. The van der Waals surface area contributed by atoms with Gasteiger partial charge in [0.2, 0.25) is 11.8 Å². The SMILES string of the molecule is COC(=O)C[C@@H]1C(=O)N(C)C(=O)[C@H]1[C@@H]1C[C@H](C)CC[C@@H]1C(C)C. The molecule has 2 fully saturated rings. The van der Waals surface area contributed by atoms with Crippen molar-refractivity contribution in [1.82, 2.24) is 4.90 Å². The minimum absolute atomic E-state index is 0.00573. The predicted octanol–water partition coefficient (Wildman–Crippen LogP) is 2.49. The van der Waals surface area contributed by atoms with Gasteiger partial charge in [-0.3, -0.25) is 19.3 Å². The smallest absolute Gasteiger partial charge is 0.306 e. The highest BCUT2D eigenvalue weighted by Crippen LogP contribution is 2.47. The Balaban J connectivity index is 2.32. The third kappa shape index (κ3) is 3.43. The number of methoxy groups -OCH3 is 1. The minimum Gasteiger partial charge on any atom is -0.469 e. The van der Waals surface area contributed by atoms with E-state index in [1.807, 2.05) is 0 Å². The molecule has 0 spiro atoms. The van der Waals surface area contributed by atoms with E-state index in [0.29, 0.717) is 17.8 Å². The molecule has 1 saturated heterocycles. The van der Waals surface area contributed by atoms with Crippen molar-refractivity contribution in [3.63, 3.8) is 0 Å². The van der Waals surface area contributed by atoms with Crippen molar-refractivity contribution >= 4 is 17.8 Å². The fourth-order valence-corrected chi connectivity index (χ4v) is 4.55. The van der Waals surface area contributed by atoms with E-state index in [0.717, 1.165) is 12.8 Å². The number of carbonyl (C=O) groups is 3. The minimum atomic E-state index is -0.559. The van der Waals surface area contributed by atoms with Crippen molar-refractivity contribution in [2.45, 2.75) is 46.5 Å². The van der Waals surface area contributed by atoms with Crippen LogP contribution in [0.15, 0.2) is 0 Å². The number of likely N-dealkylation sites (tertiary alicyclic amines) is 1. The van der Waals surface area contributed by atoms with Crippen LogP contribution in [-0.2, 0) is 19.1 Å². The molecule has 0 aromatic carbocycles. The summed E-state index contributed by atoms with van der Waals surface area (Å²) >= 11 is 0. The van der Waals surface area contributed by atoms with Crippen LogP contribution in [0, 0.1) is 35.5 Å². The quantitative estimate of drug-likeness (QED) is 0.589. The van der Waals surface area contributed by atoms with Crippen LogP contribution < -0.4 is 0 Å². The number of hydrogen-bond donors (Lipinski definition) is 0. The standard InChI is InChI=1S/C18H29NO4/c1-10(2)12-7-6-11(3)8-13(12)16-14(9-15(20)23-5)17(21)19(4)18(16)22/h10-14,16H,6-9H2,1-5H3/t11-,12-,13-,14+,16+/m1/s1. The number of nitrogens with zero attached hydrogens (tertiary/aromatic N) is 1. The highest BCUT2D eigenvalue weighted by atomic mass is 16.5. The first-order valence-corrected chi connectivity index (χ1v) is 8.66. The van der Waals surface area contributed by atoms with E-state index in [2.05, 4.69) is 20.8 Å². The molecule has 0 N–H and O–H groups in total. The number of rotatable bonds is 4. The molecule has 23 heavy (non-hydrogen) atoms. The van der Waals surface area contributed by atoms with Crippen LogP contribution in [0.25, 0.3) is 0 Å². The van der Waals surface area contributed by atoms with Gasteiger partial charge in [-0.25, -0.2) is 0 Å². The molecule has 0 unspecified atom stereocenters. The van der Waals surface area contributed by atoms with Crippen molar-refractivity contribution in [3.8, 4) is 0 Å². The maximum atomic E-state index is 12.7. The summed E-state index contributed by atoms with van der Waals surface area (Å²) in [5.74, 6) is -0.0588. The number of imide groups is 1. The maximum Gasteiger partial charge on any atom is 0.306 e. The fraction of sp³-hybridized carbons (Fsp3) is 0.833. The Hall–Kier alpha value is -1.39. The molecule has 2 aliphatic rings. The maximum absolute atomic E-state index is 12.7. The lowest BCUT2D eigenvalue weighted by atomic mass is 9.63. The number of esters is 1. The Bertz CT molecular complexity index is 487. The zero-order valence-electron chi connectivity index (χ0n) is 14.9. The highest BCUT2D eigenvalue weighted by molar-refractivity contribution is 6.06. The summed E-state index contributed by atoms with van der Waals surface area (Å²) in [7, 11) is 2.85. The van der Waals surface area contributed by atoms with Crippen LogP contribution in [0.4, 0.5) is 0 Å². The normalized spacial score (nSPS) is 35.0. The summed E-state index contributed by atoms with van der Waals surface area (Å²) in [5, 5.41) is 0. The Labute approximate surface area is 138 Å². The average molecular weight is 323 g/mol. The summed E-state index contributed by atoms with van der Waals surface area (Å²) in [6, 6.07) is 0. The van der Waals surface area contributed by atoms with Crippen molar-refractivity contribution < 1.29 is 19.1 Å². The monoisotopic (exact) mass is 323 g/mol. The molecule has 130 valence electrons. The van der Waals surface area contributed by atoms with Gasteiger partial charge in [0.05, 0.1) is 25.4 Å². The lowest BCUT2D eigenvalue weighted by molar-refractivity contribution is -0.145. The van der Waals surface area contributed by atoms with Crippen LogP contribution in [-0.4, -0.2) is 36.8 Å². The van der Waals surface area contributed by atoms with E-state index in [9.17, 15) is 14.4 Å². The van der Waals surface area contributed by atoms with Gasteiger partial charge in [0.25, 0.3) is 0 Å². The molecule has 0 bridgehead atoms. The summed E-state index contributed by atoms with van der Waals surface area (Å²) in [4.78, 5) is 38.1. The summed E-state index contributed by atoms with van der Waals surface area (Å²) in [6.07, 6.45) is 3.23. The van der Waals surface area contributed by atoms with Crippen molar-refractivity contribution in [1.29, 1.82) is 0 Å². The Morgan fingerprint density at radius 2 is 1.91 bits per heavy atom. The third-order valence-corrected chi connectivity index (χ3v) is 5.85. The first-order valence-electron chi connectivity index (χ1n) is 8.66. The third-order valence-electron chi connectivity index (χ3n) is 5.85. The second-order valence-corrected chi connectivity index (χ2v) is 7.64. The van der Waals surface area contributed by atoms with Crippen LogP contribution in [0.2, 0.25) is 0 Å². The molecule has 5 nitrogen and oxygen atoms in total. The molecule has 0 aromatic heterocycles. The number of ether oxygens (including phenoxy) is 1. The average Bonchev–Trinajstić information content (AvgIpc) is 2.71. The molecule has 1 aliphatic heterocycles. The largest absolute Gasteiger partial charge is 0.469 e. The number of carbonyl (C=O) groups excluding carboxylic acids is 3. The lowest BCUT2D eigenvalue weighted by Gasteiger charge is -2.41. The molecule has 5 atom stereocenters. The van der Waals surface area contributed by atoms with E-state index in [-0.39, 0.29) is 30.1 Å². The van der Waals surface area contributed by atoms with E-state index in [1.54, 1.807) is 0 Å². The van der Waals surface area contributed by atoms with Crippen LogP contribution in [0.3, 0.4) is 0 Å². The molecular formula is C18H29NO4. The molecule has 2 amide bonds. The molecule has 1 heterocycles. The van der Waals surface area contributed by atoms with E-state index in [1.165, 1.54) is 25.5 Å². The fourth-order valence-electron chi connectivity index (χ4n) is 4.55. The summed E-state index contributed by atoms with van der Waals surface area (Å²) in [5.41, 5.74) is 0. The van der Waals surface area contributed by atoms with Crippen molar-refractivity contribution in [3.05, 3.63) is 0 Å². The summed E-state index contributed by atoms with van der Waals surface area (Å²) < 4.78 is 4.74. The van der Waals surface area contributed by atoms with Crippen LogP contribution in [0.1, 0.15) is 46.5 Å². The van der Waals surface area contributed by atoms with Crippen LogP contribution >= 0.6 is 0 Å². The Kier molecular flexibility index (Phi) is 5.48. The van der Waals surface area contributed by atoms with Crippen LogP contribution in [0.5, 0.6) is 0 Å². The van der Waals surface area contributed by atoms with Gasteiger partial charge in [0, 0.05) is 7.05 Å². The van der Waals surface area contributed by atoms with Gasteiger partial charge in [-0.05, 0) is 36.5 Å². The number of amides is 2. The molecule has 2 rings (SSSR count). The van der Waals surface area contributed by atoms with Gasteiger partial charge in [0.1, 0.15) is 0 Å². The van der Waals surface area contributed by atoms with Gasteiger partial charge >= 0.3 is 5.97 Å². The topological polar surface area (TPSA) is 63.7 Å². The zero-order valence-corrected chi connectivity index (χ0v) is 14.9. The molecule has 0 aromatic rings. The molecular weight excluding hydrogens is 294 g/mol. The van der Waals surface area contributed by atoms with Gasteiger partial charge in [-0.15, -0.1) is 0 Å². The molecule has 1 aliphatic carbocycles. The Morgan fingerprint density at radius 1 is 1.26 bits per heavy atom. The first kappa shape index (κ1) is 18.0. The second-order valence-electron chi connectivity index (χ2n) is 7.64. The van der Waals surface area contributed by atoms with Crippen molar-refractivity contribution in [2.75, 3.05) is 14.2 Å². The van der Waals surface area contributed by atoms with Crippen molar-refractivity contribution in [2.24, 2.45) is 35.5 Å². The van der Waals surface area contributed by atoms with Gasteiger partial charge in [-0.2, -0.15) is 0 Å². The molecule has 1 saturated carbocycles. The zero-order chi connectivity index (χ0) is 17.3. The van der Waals surface area contributed by atoms with Gasteiger partial charge in [-0.1, -0.05) is 27.2 Å². The van der Waals surface area contributed by atoms with Gasteiger partial charge in [0.15, 0.2) is 0 Å². The Morgan fingerprint density at radius 3 is 2.48 bits per heavy atom. The second kappa shape index (κ2) is 7.02. The van der Waals surface area contributed by atoms with E-state index >= 15 is 0 Å². The van der Waals surface area contributed by atoms with E-state index < -0.39 is 11.9 Å². The summed E-state index contributed by atoms with van der Waals surface area (Å²) in [6.45, 7) is 6.59. The molecule has 5 heteroatoms. The van der Waals surface area contributed by atoms with E-state index in [4.69, 9.17) is 4.74 Å². The molecule has 0 radical (unpaired) electrons. The first-order chi connectivity index (χ1) is 10.8. The predicted molar refractivity (Wildman–Crippen MR) is 86.2 cm³/mol. The number of hydrogen-bond acceptors (Lipinski definition) is 4.